The van der Waals surface area contributed by atoms with Crippen molar-refractivity contribution in [3.8, 4) is 0 Å². The summed E-state index contributed by atoms with van der Waals surface area (Å²) in [6, 6.07) is 0. The van der Waals surface area contributed by atoms with E-state index in [9.17, 15) is 9.90 Å². The second-order valence-corrected chi connectivity index (χ2v) is 9.23. The van der Waals surface area contributed by atoms with Crippen LogP contribution in [0.5, 0.6) is 0 Å². The molecule has 1 aliphatic carbocycles. The van der Waals surface area contributed by atoms with Gasteiger partial charge in [0.25, 0.3) is 0 Å². The van der Waals surface area contributed by atoms with Crippen molar-refractivity contribution >= 4 is 5.97 Å². The van der Waals surface area contributed by atoms with Gasteiger partial charge in [0.15, 0.2) is 5.79 Å². The van der Waals surface area contributed by atoms with Crippen LogP contribution < -0.4 is 0 Å². The number of carboxylic acid groups (broad SMARTS) is 1. The summed E-state index contributed by atoms with van der Waals surface area (Å²) in [5.41, 5.74) is 0. The molecular formula is C25H44O5. The highest BCUT2D eigenvalue weighted by molar-refractivity contribution is 5.66. The van der Waals surface area contributed by atoms with E-state index in [1.54, 1.807) is 0 Å². The molecule has 5 heteroatoms. The summed E-state index contributed by atoms with van der Waals surface area (Å²) in [5, 5.41) is 19.3. The second-order valence-electron chi connectivity index (χ2n) is 9.23. The molecule has 0 amide bonds. The predicted octanol–water partition coefficient (Wildman–Crippen LogP) is 5.85. The molecule has 2 N–H and O–H groups in total. The van der Waals surface area contributed by atoms with Crippen molar-refractivity contribution in [1.82, 2.24) is 0 Å². The lowest BCUT2D eigenvalue weighted by atomic mass is 9.85. The Labute approximate surface area is 183 Å². The van der Waals surface area contributed by atoms with Crippen LogP contribution in [-0.4, -0.2) is 41.3 Å². The van der Waals surface area contributed by atoms with E-state index in [2.05, 4.69) is 19.1 Å². The Balaban J connectivity index is 1.79. The lowest BCUT2D eigenvalue weighted by Crippen LogP contribution is -2.41. The van der Waals surface area contributed by atoms with Gasteiger partial charge in [0.05, 0.1) is 19.3 Å². The summed E-state index contributed by atoms with van der Waals surface area (Å²) in [7, 11) is 0. The second kappa shape index (κ2) is 14.2. The van der Waals surface area contributed by atoms with Gasteiger partial charge in [0.1, 0.15) is 0 Å². The van der Waals surface area contributed by atoms with Crippen molar-refractivity contribution in [3.63, 3.8) is 0 Å². The number of aliphatic carboxylic acids is 1. The minimum Gasteiger partial charge on any atom is -0.481 e. The van der Waals surface area contributed by atoms with Gasteiger partial charge in [-0.25, -0.2) is 0 Å². The largest absolute Gasteiger partial charge is 0.481 e. The highest BCUT2D eigenvalue weighted by atomic mass is 16.7. The molecule has 1 saturated heterocycles. The van der Waals surface area contributed by atoms with E-state index in [0.29, 0.717) is 18.3 Å². The maximum atomic E-state index is 10.6. The van der Waals surface area contributed by atoms with E-state index in [1.807, 2.05) is 0 Å². The average Bonchev–Trinajstić information content (AvgIpc) is 3.09. The smallest absolute Gasteiger partial charge is 0.303 e. The Morgan fingerprint density at radius 3 is 2.53 bits per heavy atom. The molecule has 2 aliphatic rings. The van der Waals surface area contributed by atoms with E-state index in [4.69, 9.17) is 14.6 Å². The van der Waals surface area contributed by atoms with Crippen LogP contribution in [-0.2, 0) is 14.3 Å². The molecule has 5 nitrogen and oxygen atoms in total. The van der Waals surface area contributed by atoms with Gasteiger partial charge in [-0.15, -0.1) is 0 Å². The van der Waals surface area contributed by atoms with Crippen LogP contribution in [0.25, 0.3) is 0 Å². The predicted molar refractivity (Wildman–Crippen MR) is 119 cm³/mol. The van der Waals surface area contributed by atoms with E-state index in [1.165, 1.54) is 25.7 Å². The molecule has 1 heterocycles. The van der Waals surface area contributed by atoms with Crippen LogP contribution >= 0.6 is 0 Å². The van der Waals surface area contributed by atoms with Crippen LogP contribution in [0.3, 0.4) is 0 Å². The molecule has 0 bridgehead atoms. The highest BCUT2D eigenvalue weighted by Crippen LogP contribution is 2.41. The topological polar surface area (TPSA) is 76.0 Å². The average molecular weight is 425 g/mol. The number of ether oxygens (including phenoxy) is 2. The first-order valence-electron chi connectivity index (χ1n) is 12.4. The highest BCUT2D eigenvalue weighted by Gasteiger charge is 2.39. The third kappa shape index (κ3) is 9.07. The third-order valence-corrected chi connectivity index (χ3v) is 6.84. The molecule has 2 rings (SSSR count). The fourth-order valence-corrected chi connectivity index (χ4v) is 5.02. The number of hydrogen-bond acceptors (Lipinski definition) is 4. The Kier molecular flexibility index (Phi) is 12.0. The molecule has 0 radical (unpaired) electrons. The number of aliphatic hydroxyl groups is 1. The van der Waals surface area contributed by atoms with Gasteiger partial charge >= 0.3 is 5.97 Å². The lowest BCUT2D eigenvalue weighted by Gasteiger charge is -2.39. The fourth-order valence-electron chi connectivity index (χ4n) is 5.02. The van der Waals surface area contributed by atoms with E-state index in [-0.39, 0.29) is 12.5 Å². The van der Waals surface area contributed by atoms with Gasteiger partial charge in [0.2, 0.25) is 0 Å². The van der Waals surface area contributed by atoms with Gasteiger partial charge in [-0.3, -0.25) is 4.79 Å². The molecule has 0 aromatic carbocycles. The Morgan fingerprint density at radius 1 is 1.03 bits per heavy atom. The molecule has 2 fully saturated rings. The first-order chi connectivity index (χ1) is 14.6. The van der Waals surface area contributed by atoms with Crippen LogP contribution in [0.1, 0.15) is 103 Å². The number of carboxylic acids is 1. The fraction of sp³-hybridized carbons (Fsp3) is 0.880. The van der Waals surface area contributed by atoms with Crippen molar-refractivity contribution < 1.29 is 24.5 Å². The van der Waals surface area contributed by atoms with Crippen LogP contribution in [0, 0.1) is 11.8 Å². The van der Waals surface area contributed by atoms with Crippen LogP contribution in [0.4, 0.5) is 0 Å². The minimum atomic E-state index is -0.728. The molecule has 0 spiro atoms. The third-order valence-electron chi connectivity index (χ3n) is 6.84. The Bertz CT molecular complexity index is 498. The van der Waals surface area contributed by atoms with Crippen LogP contribution in [0.2, 0.25) is 0 Å². The summed E-state index contributed by atoms with van der Waals surface area (Å²) < 4.78 is 12.4. The quantitative estimate of drug-likeness (QED) is 0.255. The van der Waals surface area contributed by atoms with Crippen LogP contribution in [0.15, 0.2) is 12.2 Å². The van der Waals surface area contributed by atoms with Crippen molar-refractivity contribution in [2.24, 2.45) is 11.8 Å². The number of aliphatic hydroxyl groups excluding tert-OH is 1. The van der Waals surface area contributed by atoms with Gasteiger partial charge < -0.3 is 19.7 Å². The molecular weight excluding hydrogens is 380 g/mol. The van der Waals surface area contributed by atoms with Crippen molar-refractivity contribution in [2.45, 2.75) is 115 Å². The number of rotatable bonds is 15. The van der Waals surface area contributed by atoms with E-state index in [0.717, 1.165) is 71.0 Å². The molecule has 0 unspecified atom stereocenters. The molecule has 0 aromatic heterocycles. The number of carbonyl (C=O) groups is 1. The molecule has 3 atom stereocenters. The van der Waals surface area contributed by atoms with Gasteiger partial charge in [-0.1, -0.05) is 44.8 Å². The summed E-state index contributed by atoms with van der Waals surface area (Å²) in [6.45, 7) is 3.80. The molecule has 30 heavy (non-hydrogen) atoms. The minimum absolute atomic E-state index is 0.222. The van der Waals surface area contributed by atoms with Gasteiger partial charge in [-0.2, -0.15) is 0 Å². The maximum absolute atomic E-state index is 10.6. The Hall–Kier alpha value is -0.910. The van der Waals surface area contributed by atoms with E-state index >= 15 is 0 Å². The van der Waals surface area contributed by atoms with E-state index < -0.39 is 11.8 Å². The zero-order valence-corrected chi connectivity index (χ0v) is 19.0. The van der Waals surface area contributed by atoms with Gasteiger partial charge in [0, 0.05) is 19.3 Å². The standard InChI is InChI=1S/C25H44O5/c1-2-3-4-7-10-17-25(29-19-11-20-30-25)18-16-22-21(14-15-23(22)26)12-8-5-6-9-13-24(27)28/h5,8,21-23,26H,2-4,6-7,9-20H2,1H3,(H,27,28)/b8-5-/t21-,22+,23+/m0/s1. The molecule has 0 aromatic rings. The SMILES string of the molecule is CCCCCCCC1(CC[C@@H]2[C@@H](C/C=C\CCCC(=O)O)CC[C@H]2O)OCCCO1. The normalized spacial score (nSPS) is 26.4. The first-order valence-corrected chi connectivity index (χ1v) is 12.4. The molecule has 1 saturated carbocycles. The van der Waals surface area contributed by atoms with Crippen molar-refractivity contribution in [3.05, 3.63) is 12.2 Å². The summed E-state index contributed by atoms with van der Waals surface area (Å²) >= 11 is 0. The monoisotopic (exact) mass is 424 g/mol. The zero-order chi connectivity index (χ0) is 21.7. The van der Waals surface area contributed by atoms with Crippen molar-refractivity contribution in [1.29, 1.82) is 0 Å². The summed E-state index contributed by atoms with van der Waals surface area (Å²) in [5.74, 6) is -0.362. The number of unbranched alkanes of at least 4 members (excludes halogenated alkanes) is 5. The number of allylic oxidation sites excluding steroid dienone is 2. The number of hydrogen-bond donors (Lipinski definition) is 2. The summed E-state index contributed by atoms with van der Waals surface area (Å²) in [6.07, 6.45) is 18.7. The van der Waals surface area contributed by atoms with Crippen molar-refractivity contribution in [2.75, 3.05) is 13.2 Å². The summed E-state index contributed by atoms with van der Waals surface area (Å²) in [4.78, 5) is 10.6. The molecule has 174 valence electrons. The molecule has 1 aliphatic heterocycles. The van der Waals surface area contributed by atoms with Gasteiger partial charge in [-0.05, 0) is 63.2 Å². The maximum Gasteiger partial charge on any atom is 0.303 e. The first kappa shape index (κ1) is 25.4. The Morgan fingerprint density at radius 2 is 1.80 bits per heavy atom. The lowest BCUT2D eigenvalue weighted by molar-refractivity contribution is -0.275. The zero-order valence-electron chi connectivity index (χ0n) is 19.0.